The van der Waals surface area contributed by atoms with E-state index in [0.717, 1.165) is 16.7 Å². The molecule has 1 N–H and O–H groups in total. The van der Waals surface area contributed by atoms with Gasteiger partial charge in [-0.1, -0.05) is 48.2 Å². The molecular weight excluding hydrogens is 314 g/mol. The monoisotopic (exact) mass is 333 g/mol. The van der Waals surface area contributed by atoms with Gasteiger partial charge in [-0.05, 0) is 29.8 Å². The number of hydrogen-bond donors (Lipinski definition) is 1. The number of amides is 1. The van der Waals surface area contributed by atoms with Gasteiger partial charge in [-0.2, -0.15) is 0 Å². The van der Waals surface area contributed by atoms with Gasteiger partial charge in [0.25, 0.3) is 0 Å². The average Bonchev–Trinajstić information content (AvgIpc) is 2.64. The fourth-order valence-electron chi connectivity index (χ4n) is 2.12. The Kier molecular flexibility index (Phi) is 6.56. The van der Waals surface area contributed by atoms with Crippen LogP contribution in [0, 0.1) is 11.8 Å². The molecule has 2 aromatic rings. The number of carbonyl (C=O) groups is 2. The quantitative estimate of drug-likeness (QED) is 0.532. The molecule has 0 spiro atoms. The Hall–Kier alpha value is -3.32. The molecule has 0 aromatic heterocycles. The molecule has 1 amide bonds. The summed E-state index contributed by atoms with van der Waals surface area (Å²) >= 11 is 0. The summed E-state index contributed by atoms with van der Waals surface area (Å²) in [7, 11) is 1.31. The lowest BCUT2D eigenvalue weighted by Gasteiger charge is -2.07. The van der Waals surface area contributed by atoms with E-state index in [0.29, 0.717) is 5.57 Å². The van der Waals surface area contributed by atoms with Crippen LogP contribution in [0.15, 0.2) is 60.2 Å². The Morgan fingerprint density at radius 2 is 1.72 bits per heavy atom. The predicted octanol–water partition coefficient (Wildman–Crippen LogP) is 2.78. The molecular formula is C21H19NO3. The van der Waals surface area contributed by atoms with Crippen LogP contribution in [0.25, 0.3) is 6.08 Å². The molecule has 0 aliphatic carbocycles. The van der Waals surface area contributed by atoms with E-state index in [2.05, 4.69) is 17.2 Å². The molecule has 0 saturated heterocycles. The number of nitrogens with one attached hydrogen (secondary N) is 1. The molecule has 4 nitrogen and oxygen atoms in total. The van der Waals surface area contributed by atoms with Gasteiger partial charge in [0.1, 0.15) is 0 Å². The maximum Gasteiger partial charge on any atom is 0.335 e. The molecule has 0 fully saturated rings. The Morgan fingerprint density at radius 3 is 2.40 bits per heavy atom. The van der Waals surface area contributed by atoms with Gasteiger partial charge in [0.2, 0.25) is 5.91 Å². The van der Waals surface area contributed by atoms with Crippen molar-refractivity contribution in [2.75, 3.05) is 13.7 Å². The molecule has 0 saturated carbocycles. The number of carbonyl (C=O) groups excluding carboxylic acids is 2. The smallest absolute Gasteiger partial charge is 0.335 e. The minimum Gasteiger partial charge on any atom is -0.466 e. The van der Waals surface area contributed by atoms with Crippen molar-refractivity contribution in [1.82, 2.24) is 5.32 Å². The third-order valence-corrected chi connectivity index (χ3v) is 3.38. The van der Waals surface area contributed by atoms with Crippen LogP contribution in [0.5, 0.6) is 0 Å². The van der Waals surface area contributed by atoms with Crippen LogP contribution >= 0.6 is 0 Å². The number of methoxy groups -OCH3 is 1. The molecule has 0 heterocycles. The maximum atomic E-state index is 11.9. The lowest BCUT2D eigenvalue weighted by Crippen LogP contribution is -2.25. The van der Waals surface area contributed by atoms with E-state index in [4.69, 9.17) is 4.74 Å². The van der Waals surface area contributed by atoms with Crippen molar-refractivity contribution >= 4 is 18.0 Å². The van der Waals surface area contributed by atoms with E-state index in [-0.39, 0.29) is 12.5 Å². The Labute approximate surface area is 147 Å². The van der Waals surface area contributed by atoms with Crippen molar-refractivity contribution < 1.29 is 14.3 Å². The summed E-state index contributed by atoms with van der Waals surface area (Å²) in [4.78, 5) is 23.1. The molecule has 25 heavy (non-hydrogen) atoms. The predicted molar refractivity (Wildman–Crippen MR) is 97.5 cm³/mol. The average molecular weight is 333 g/mol. The van der Waals surface area contributed by atoms with Gasteiger partial charge in [-0.15, -0.1) is 0 Å². The van der Waals surface area contributed by atoms with Crippen molar-refractivity contribution in [3.8, 4) is 11.8 Å². The highest BCUT2D eigenvalue weighted by molar-refractivity contribution is 5.95. The summed E-state index contributed by atoms with van der Waals surface area (Å²) in [5.41, 5.74) is 2.84. The van der Waals surface area contributed by atoms with Gasteiger partial charge in [0.05, 0.1) is 12.7 Å². The lowest BCUT2D eigenvalue weighted by molar-refractivity contribution is -0.136. The topological polar surface area (TPSA) is 55.4 Å². The molecule has 0 bridgehead atoms. The Balaban J connectivity index is 2.36. The fraction of sp³-hybridized carbons (Fsp3) is 0.143. The summed E-state index contributed by atoms with van der Waals surface area (Å²) in [5.74, 6) is 5.52. The van der Waals surface area contributed by atoms with Gasteiger partial charge in [-0.25, -0.2) is 4.79 Å². The third-order valence-electron chi connectivity index (χ3n) is 3.38. The first-order valence-electron chi connectivity index (χ1n) is 7.79. The van der Waals surface area contributed by atoms with E-state index >= 15 is 0 Å². The van der Waals surface area contributed by atoms with Crippen LogP contribution < -0.4 is 5.32 Å². The molecule has 4 heteroatoms. The largest absolute Gasteiger partial charge is 0.466 e. The van der Waals surface area contributed by atoms with Gasteiger partial charge >= 0.3 is 5.97 Å². The van der Waals surface area contributed by atoms with Crippen molar-refractivity contribution in [2.45, 2.75) is 6.92 Å². The highest BCUT2D eigenvalue weighted by atomic mass is 16.5. The van der Waals surface area contributed by atoms with E-state index in [1.54, 1.807) is 6.08 Å². The molecule has 0 unspecified atom stereocenters. The van der Waals surface area contributed by atoms with E-state index in [1.807, 2.05) is 54.6 Å². The maximum absolute atomic E-state index is 11.9. The first-order valence-corrected chi connectivity index (χ1v) is 7.79. The van der Waals surface area contributed by atoms with Crippen LogP contribution in [0.3, 0.4) is 0 Å². The standard InChI is InChI=1S/C21H19NO3/c1-16(23)22-15-20(21(24)25-2)14-19-11-7-6-10-18(19)13-12-17-8-4-3-5-9-17/h3-11,14H,15H2,1-2H3,(H,22,23)/b20-14-. The summed E-state index contributed by atoms with van der Waals surface area (Å²) < 4.78 is 4.79. The molecule has 126 valence electrons. The van der Waals surface area contributed by atoms with Crippen LogP contribution in [0.4, 0.5) is 0 Å². The second-order valence-electron chi connectivity index (χ2n) is 5.27. The van der Waals surface area contributed by atoms with Crippen LogP contribution in [0.2, 0.25) is 0 Å². The van der Waals surface area contributed by atoms with E-state index < -0.39 is 5.97 Å². The van der Waals surface area contributed by atoms with Crippen molar-refractivity contribution in [3.05, 3.63) is 76.9 Å². The molecule has 0 radical (unpaired) electrons. The van der Waals surface area contributed by atoms with E-state index in [9.17, 15) is 9.59 Å². The zero-order valence-corrected chi connectivity index (χ0v) is 14.2. The summed E-state index contributed by atoms with van der Waals surface area (Å²) in [6.45, 7) is 1.50. The van der Waals surface area contributed by atoms with Crippen LogP contribution in [-0.2, 0) is 14.3 Å². The molecule has 2 aromatic carbocycles. The normalized spacial score (nSPS) is 10.4. The number of esters is 1. The number of ether oxygens (including phenoxy) is 1. The first kappa shape index (κ1) is 18.0. The number of benzene rings is 2. The van der Waals surface area contributed by atoms with Crippen molar-refractivity contribution in [1.29, 1.82) is 0 Å². The Bertz CT molecular complexity index is 842. The zero-order chi connectivity index (χ0) is 18.1. The summed E-state index contributed by atoms with van der Waals surface area (Å²) in [6, 6.07) is 17.2. The summed E-state index contributed by atoms with van der Waals surface area (Å²) in [6.07, 6.45) is 1.69. The van der Waals surface area contributed by atoms with Crippen LogP contribution in [0.1, 0.15) is 23.6 Å². The van der Waals surface area contributed by atoms with Gasteiger partial charge in [0, 0.05) is 24.6 Å². The van der Waals surface area contributed by atoms with Crippen molar-refractivity contribution in [2.24, 2.45) is 0 Å². The fourth-order valence-corrected chi connectivity index (χ4v) is 2.12. The zero-order valence-electron chi connectivity index (χ0n) is 14.2. The minimum absolute atomic E-state index is 0.0997. The van der Waals surface area contributed by atoms with Gasteiger partial charge < -0.3 is 10.1 Å². The molecule has 0 aliphatic heterocycles. The number of hydrogen-bond acceptors (Lipinski definition) is 3. The first-order chi connectivity index (χ1) is 12.1. The van der Waals surface area contributed by atoms with Crippen molar-refractivity contribution in [3.63, 3.8) is 0 Å². The second kappa shape index (κ2) is 9.09. The summed E-state index contributed by atoms with van der Waals surface area (Å²) in [5, 5.41) is 2.61. The highest BCUT2D eigenvalue weighted by Crippen LogP contribution is 2.13. The highest BCUT2D eigenvalue weighted by Gasteiger charge is 2.11. The minimum atomic E-state index is -0.487. The Morgan fingerprint density at radius 1 is 1.04 bits per heavy atom. The SMILES string of the molecule is COC(=O)/C(=C\c1ccccc1C#Cc1ccccc1)CNC(C)=O. The van der Waals surface area contributed by atoms with Gasteiger partial charge in [-0.3, -0.25) is 4.79 Å². The second-order valence-corrected chi connectivity index (χ2v) is 5.27. The molecule has 0 atom stereocenters. The van der Waals surface area contributed by atoms with Crippen LogP contribution in [-0.4, -0.2) is 25.5 Å². The third kappa shape index (κ3) is 5.67. The lowest BCUT2D eigenvalue weighted by atomic mass is 10.0. The molecule has 0 aliphatic rings. The van der Waals surface area contributed by atoms with E-state index in [1.165, 1.54) is 14.0 Å². The molecule has 2 rings (SSSR count). The number of rotatable bonds is 4. The van der Waals surface area contributed by atoms with Gasteiger partial charge in [0.15, 0.2) is 0 Å².